The van der Waals surface area contributed by atoms with Gasteiger partial charge in [-0.2, -0.15) is 11.8 Å². The topological polar surface area (TPSA) is 75.3 Å². The Morgan fingerprint density at radius 2 is 2.18 bits per heavy atom. The third-order valence-corrected chi connectivity index (χ3v) is 4.73. The third-order valence-electron chi connectivity index (χ3n) is 2.66. The van der Waals surface area contributed by atoms with Gasteiger partial charge < -0.3 is 10.6 Å². The lowest BCUT2D eigenvalue weighted by Crippen LogP contribution is -2.51. The molecule has 0 aromatic rings. The molecule has 0 aromatic carbocycles. The SMILES string of the molecule is O=C1CCSC[C@@H](C(=O)N[C@@H]2CCSC2=O)N1. The van der Waals surface area contributed by atoms with Crippen molar-refractivity contribution in [2.45, 2.75) is 24.9 Å². The minimum absolute atomic E-state index is 0.0194. The molecule has 2 aliphatic heterocycles. The van der Waals surface area contributed by atoms with Gasteiger partial charge in [0.25, 0.3) is 0 Å². The number of hydrogen-bond donors (Lipinski definition) is 2. The van der Waals surface area contributed by atoms with E-state index in [0.29, 0.717) is 18.6 Å². The summed E-state index contributed by atoms with van der Waals surface area (Å²) in [5, 5.41) is 5.41. The first-order chi connectivity index (χ1) is 8.16. The predicted molar refractivity (Wildman–Crippen MR) is 67.9 cm³/mol. The molecule has 2 saturated heterocycles. The Bertz CT molecular complexity index is 348. The molecule has 0 bridgehead atoms. The minimum Gasteiger partial charge on any atom is -0.344 e. The molecule has 2 aliphatic rings. The van der Waals surface area contributed by atoms with E-state index in [2.05, 4.69) is 10.6 Å². The van der Waals surface area contributed by atoms with Crippen LogP contribution >= 0.6 is 23.5 Å². The first-order valence-electron chi connectivity index (χ1n) is 5.51. The molecule has 0 saturated carbocycles. The molecule has 0 radical (unpaired) electrons. The van der Waals surface area contributed by atoms with Gasteiger partial charge in [0.15, 0.2) is 0 Å². The van der Waals surface area contributed by atoms with E-state index in [1.165, 1.54) is 11.8 Å². The van der Waals surface area contributed by atoms with Crippen molar-refractivity contribution in [2.75, 3.05) is 17.3 Å². The Hall–Kier alpha value is -0.690. The fourth-order valence-electron chi connectivity index (χ4n) is 1.71. The Labute approximate surface area is 108 Å². The maximum Gasteiger partial charge on any atom is 0.244 e. The Morgan fingerprint density at radius 1 is 1.35 bits per heavy atom. The van der Waals surface area contributed by atoms with Gasteiger partial charge in [-0.3, -0.25) is 14.4 Å². The molecule has 94 valence electrons. The largest absolute Gasteiger partial charge is 0.344 e. The fourth-order valence-corrected chi connectivity index (χ4v) is 3.61. The number of carbonyl (C=O) groups is 3. The molecular weight excluding hydrogens is 260 g/mol. The maximum atomic E-state index is 11.9. The van der Waals surface area contributed by atoms with Gasteiger partial charge in [0.1, 0.15) is 6.04 Å². The molecule has 2 heterocycles. The van der Waals surface area contributed by atoms with Crippen molar-refractivity contribution in [1.29, 1.82) is 0 Å². The summed E-state index contributed by atoms with van der Waals surface area (Å²) in [4.78, 5) is 34.6. The summed E-state index contributed by atoms with van der Waals surface area (Å²) in [5.74, 6) is 1.74. The Kier molecular flexibility index (Phi) is 4.33. The highest BCUT2D eigenvalue weighted by Crippen LogP contribution is 2.19. The summed E-state index contributed by atoms with van der Waals surface area (Å²) >= 11 is 2.83. The van der Waals surface area contributed by atoms with Crippen molar-refractivity contribution in [3.8, 4) is 0 Å². The zero-order chi connectivity index (χ0) is 12.3. The van der Waals surface area contributed by atoms with Crippen LogP contribution in [-0.2, 0) is 14.4 Å². The van der Waals surface area contributed by atoms with Crippen LogP contribution in [0.2, 0.25) is 0 Å². The smallest absolute Gasteiger partial charge is 0.244 e. The van der Waals surface area contributed by atoms with E-state index in [9.17, 15) is 14.4 Å². The van der Waals surface area contributed by atoms with E-state index in [4.69, 9.17) is 0 Å². The number of thioether (sulfide) groups is 2. The molecule has 2 fully saturated rings. The van der Waals surface area contributed by atoms with Gasteiger partial charge in [0.2, 0.25) is 16.9 Å². The molecule has 0 aromatic heterocycles. The van der Waals surface area contributed by atoms with Crippen LogP contribution in [0, 0.1) is 0 Å². The zero-order valence-corrected chi connectivity index (χ0v) is 10.9. The summed E-state index contributed by atoms with van der Waals surface area (Å²) in [5.41, 5.74) is 0. The highest BCUT2D eigenvalue weighted by atomic mass is 32.2. The molecular formula is C10H14N2O3S2. The van der Waals surface area contributed by atoms with Gasteiger partial charge in [-0.1, -0.05) is 11.8 Å². The molecule has 0 spiro atoms. The van der Waals surface area contributed by atoms with Crippen molar-refractivity contribution in [2.24, 2.45) is 0 Å². The molecule has 2 rings (SSSR count). The lowest BCUT2D eigenvalue weighted by molar-refractivity contribution is -0.129. The number of nitrogens with one attached hydrogen (secondary N) is 2. The van der Waals surface area contributed by atoms with Crippen LogP contribution in [0.3, 0.4) is 0 Å². The average molecular weight is 274 g/mol. The fraction of sp³-hybridized carbons (Fsp3) is 0.700. The van der Waals surface area contributed by atoms with Gasteiger partial charge in [-0.25, -0.2) is 0 Å². The van der Waals surface area contributed by atoms with Crippen LogP contribution in [0.1, 0.15) is 12.8 Å². The number of rotatable bonds is 2. The Balaban J connectivity index is 1.89. The minimum atomic E-state index is -0.506. The predicted octanol–water partition coefficient (Wildman–Crippen LogP) is -0.244. The summed E-state index contributed by atoms with van der Waals surface area (Å²) < 4.78 is 0. The first-order valence-corrected chi connectivity index (χ1v) is 7.65. The second-order valence-corrected chi connectivity index (χ2v) is 6.21. The van der Waals surface area contributed by atoms with E-state index in [1.54, 1.807) is 11.8 Å². The van der Waals surface area contributed by atoms with Gasteiger partial charge >= 0.3 is 0 Å². The Morgan fingerprint density at radius 3 is 2.88 bits per heavy atom. The molecule has 5 nitrogen and oxygen atoms in total. The number of carbonyl (C=O) groups excluding carboxylic acids is 3. The van der Waals surface area contributed by atoms with Crippen LogP contribution < -0.4 is 10.6 Å². The van der Waals surface area contributed by atoms with E-state index in [-0.39, 0.29) is 23.0 Å². The number of hydrogen-bond acceptors (Lipinski definition) is 5. The monoisotopic (exact) mass is 274 g/mol. The second-order valence-electron chi connectivity index (χ2n) is 3.96. The second kappa shape index (κ2) is 5.77. The molecule has 0 aliphatic carbocycles. The van der Waals surface area contributed by atoms with Crippen molar-refractivity contribution in [1.82, 2.24) is 10.6 Å². The maximum absolute atomic E-state index is 11.9. The third kappa shape index (κ3) is 3.38. The van der Waals surface area contributed by atoms with Crippen LogP contribution in [0.5, 0.6) is 0 Å². The van der Waals surface area contributed by atoms with E-state index < -0.39 is 6.04 Å². The van der Waals surface area contributed by atoms with Gasteiger partial charge in [-0.15, -0.1) is 0 Å². The van der Waals surface area contributed by atoms with E-state index in [0.717, 1.165) is 11.5 Å². The lowest BCUT2D eigenvalue weighted by atomic mass is 10.2. The van der Waals surface area contributed by atoms with Gasteiger partial charge in [0.05, 0.1) is 6.04 Å². The van der Waals surface area contributed by atoms with Crippen LogP contribution in [0.25, 0.3) is 0 Å². The van der Waals surface area contributed by atoms with Crippen LogP contribution in [0.4, 0.5) is 0 Å². The normalized spacial score (nSPS) is 29.6. The molecule has 7 heteroatoms. The molecule has 0 unspecified atom stereocenters. The van der Waals surface area contributed by atoms with Crippen molar-refractivity contribution in [3.63, 3.8) is 0 Å². The van der Waals surface area contributed by atoms with Crippen LogP contribution in [0.15, 0.2) is 0 Å². The van der Waals surface area contributed by atoms with E-state index >= 15 is 0 Å². The molecule has 17 heavy (non-hydrogen) atoms. The highest BCUT2D eigenvalue weighted by molar-refractivity contribution is 8.14. The van der Waals surface area contributed by atoms with E-state index in [1.807, 2.05) is 0 Å². The lowest BCUT2D eigenvalue weighted by Gasteiger charge is -2.17. The summed E-state index contributed by atoms with van der Waals surface area (Å²) in [6.45, 7) is 0. The molecule has 2 atom stereocenters. The van der Waals surface area contributed by atoms with Crippen molar-refractivity contribution >= 4 is 40.5 Å². The van der Waals surface area contributed by atoms with Crippen molar-refractivity contribution in [3.05, 3.63) is 0 Å². The molecule has 2 N–H and O–H groups in total. The van der Waals surface area contributed by atoms with Gasteiger partial charge in [0, 0.05) is 23.7 Å². The number of amides is 2. The van der Waals surface area contributed by atoms with Crippen molar-refractivity contribution < 1.29 is 14.4 Å². The summed E-state index contributed by atoms with van der Waals surface area (Å²) in [6, 6.07) is -0.883. The first kappa shape index (κ1) is 12.8. The average Bonchev–Trinajstić information content (AvgIpc) is 2.57. The summed E-state index contributed by atoms with van der Waals surface area (Å²) in [7, 11) is 0. The van der Waals surface area contributed by atoms with Crippen LogP contribution in [-0.4, -0.2) is 46.3 Å². The quantitative estimate of drug-likeness (QED) is 0.727. The molecule has 2 amide bonds. The van der Waals surface area contributed by atoms with Gasteiger partial charge in [-0.05, 0) is 6.42 Å². The summed E-state index contributed by atoms with van der Waals surface area (Å²) in [6.07, 6.45) is 1.13. The standard InChI is InChI=1S/C10H14N2O3S2/c13-8-2-3-16-5-7(11-8)9(14)12-6-1-4-17-10(6)15/h6-7H,1-5H2,(H,11,13)(H,12,14)/t6-,7+/m1/s1. The zero-order valence-electron chi connectivity index (χ0n) is 9.23. The highest BCUT2D eigenvalue weighted by Gasteiger charge is 2.30.